The van der Waals surface area contributed by atoms with Crippen LogP contribution in [0, 0.1) is 17.2 Å². The minimum Gasteiger partial charge on any atom is -0.337 e. The van der Waals surface area contributed by atoms with Crippen molar-refractivity contribution in [1.82, 2.24) is 4.90 Å². The van der Waals surface area contributed by atoms with Gasteiger partial charge in [0, 0.05) is 30.6 Å². The largest absolute Gasteiger partial charge is 0.337 e. The molecule has 1 spiro atoms. The quantitative estimate of drug-likeness (QED) is 0.826. The average Bonchev–Trinajstić information content (AvgIpc) is 3.30. The molecule has 0 radical (unpaired) electrons. The molecule has 2 atom stereocenters. The molecule has 4 rings (SSSR count). The van der Waals surface area contributed by atoms with E-state index >= 15 is 0 Å². The van der Waals surface area contributed by atoms with Crippen molar-refractivity contribution in [3.05, 3.63) is 52.5 Å². The fourth-order valence-electron chi connectivity index (χ4n) is 4.07. The number of carbonyl (C=O) groups excluding carboxylic acids is 2. The molecule has 0 saturated carbocycles. The Morgan fingerprint density at radius 2 is 2.20 bits per heavy atom. The average molecular weight is 358 g/mol. The van der Waals surface area contributed by atoms with E-state index in [0.717, 1.165) is 12.1 Å². The van der Waals surface area contributed by atoms with Crippen molar-refractivity contribution >= 4 is 28.8 Å². The molecule has 2 fully saturated rings. The highest BCUT2D eigenvalue weighted by Crippen LogP contribution is 2.46. The summed E-state index contributed by atoms with van der Waals surface area (Å²) in [4.78, 5) is 29.4. The van der Waals surface area contributed by atoms with Crippen LogP contribution in [0.3, 0.4) is 0 Å². The van der Waals surface area contributed by atoms with E-state index in [1.165, 1.54) is 18.2 Å². The van der Waals surface area contributed by atoms with Gasteiger partial charge in [0.05, 0.1) is 11.1 Å². The summed E-state index contributed by atoms with van der Waals surface area (Å²) in [5, 5.41) is 3.94. The lowest BCUT2D eigenvalue weighted by Crippen LogP contribution is -2.40. The minimum absolute atomic E-state index is 0.0844. The minimum atomic E-state index is -0.523. The smallest absolute Gasteiger partial charge is 0.253 e. The second kappa shape index (κ2) is 5.95. The van der Waals surface area contributed by atoms with Crippen LogP contribution >= 0.6 is 11.3 Å². The molecule has 1 aromatic heterocycles. The standard InChI is InChI=1S/C19H19FN2O2S/c1-13-10-21(17(23)14-3-2-4-15(20)9-14)12-19(13)6-7-22(18(19)24)16-5-8-25-11-16/h2-5,8-9,11,13H,6-7,10,12H2,1H3/t13-,19-/m1/s1. The Morgan fingerprint density at radius 1 is 1.36 bits per heavy atom. The van der Waals surface area contributed by atoms with Gasteiger partial charge in [0.2, 0.25) is 5.91 Å². The molecule has 2 saturated heterocycles. The second-order valence-corrected chi connectivity index (χ2v) is 7.72. The molecule has 2 aliphatic heterocycles. The summed E-state index contributed by atoms with van der Waals surface area (Å²) in [6.45, 7) is 3.65. The van der Waals surface area contributed by atoms with Crippen molar-refractivity contribution in [2.45, 2.75) is 13.3 Å². The molecule has 0 N–H and O–H groups in total. The maximum Gasteiger partial charge on any atom is 0.253 e. The highest BCUT2D eigenvalue weighted by Gasteiger charge is 2.56. The van der Waals surface area contributed by atoms with Crippen LogP contribution in [0.1, 0.15) is 23.7 Å². The first-order valence-corrected chi connectivity index (χ1v) is 9.34. The molecule has 4 nitrogen and oxygen atoms in total. The summed E-state index contributed by atoms with van der Waals surface area (Å²) >= 11 is 1.57. The number of hydrogen-bond donors (Lipinski definition) is 0. The lowest BCUT2D eigenvalue weighted by molar-refractivity contribution is -0.126. The molecular weight excluding hydrogens is 339 g/mol. The summed E-state index contributed by atoms with van der Waals surface area (Å²) in [5.74, 6) is -0.438. The van der Waals surface area contributed by atoms with E-state index in [9.17, 15) is 14.0 Å². The number of halogens is 1. The topological polar surface area (TPSA) is 40.6 Å². The zero-order valence-electron chi connectivity index (χ0n) is 13.9. The summed E-state index contributed by atoms with van der Waals surface area (Å²) in [7, 11) is 0. The van der Waals surface area contributed by atoms with E-state index < -0.39 is 11.2 Å². The third-order valence-corrected chi connectivity index (χ3v) is 6.21. The number of amides is 2. The van der Waals surface area contributed by atoms with E-state index in [2.05, 4.69) is 0 Å². The zero-order chi connectivity index (χ0) is 17.6. The lowest BCUT2D eigenvalue weighted by atomic mass is 9.78. The predicted molar refractivity (Wildman–Crippen MR) is 95.2 cm³/mol. The van der Waals surface area contributed by atoms with Crippen LogP contribution in [0.15, 0.2) is 41.1 Å². The van der Waals surface area contributed by atoms with Crippen molar-refractivity contribution in [3.63, 3.8) is 0 Å². The van der Waals surface area contributed by atoms with Crippen molar-refractivity contribution < 1.29 is 14.0 Å². The number of rotatable bonds is 2. The monoisotopic (exact) mass is 358 g/mol. The van der Waals surface area contributed by atoms with Crippen molar-refractivity contribution in [2.24, 2.45) is 11.3 Å². The Hall–Kier alpha value is -2.21. The third-order valence-electron chi connectivity index (χ3n) is 5.54. The third kappa shape index (κ3) is 2.56. The van der Waals surface area contributed by atoms with Gasteiger partial charge in [0.1, 0.15) is 5.82 Å². The highest BCUT2D eigenvalue weighted by atomic mass is 32.1. The molecule has 0 bridgehead atoms. The Labute approximate surface area is 149 Å². The maximum atomic E-state index is 13.4. The Balaban J connectivity index is 1.57. The summed E-state index contributed by atoms with van der Waals surface area (Å²) in [5.41, 5.74) is 0.753. The Kier molecular flexibility index (Phi) is 3.87. The normalized spacial score (nSPS) is 26.0. The number of nitrogens with zero attached hydrogens (tertiary/aromatic N) is 2. The Morgan fingerprint density at radius 3 is 2.92 bits per heavy atom. The van der Waals surface area contributed by atoms with Crippen molar-refractivity contribution in [3.8, 4) is 0 Å². The molecule has 130 valence electrons. The van der Waals surface area contributed by atoms with E-state index in [-0.39, 0.29) is 17.7 Å². The lowest BCUT2D eigenvalue weighted by Gasteiger charge is -2.26. The van der Waals surface area contributed by atoms with Gasteiger partial charge in [-0.25, -0.2) is 4.39 Å². The van der Waals surface area contributed by atoms with Gasteiger partial charge in [0.25, 0.3) is 5.91 Å². The summed E-state index contributed by atoms with van der Waals surface area (Å²) in [6, 6.07) is 7.69. The number of benzene rings is 1. The molecular formula is C19H19FN2O2S. The van der Waals surface area contributed by atoms with Crippen LogP contribution in [0.2, 0.25) is 0 Å². The molecule has 6 heteroatoms. The van der Waals surface area contributed by atoms with Crippen molar-refractivity contribution in [2.75, 3.05) is 24.5 Å². The van der Waals surface area contributed by atoms with Crippen LogP contribution in [0.25, 0.3) is 0 Å². The second-order valence-electron chi connectivity index (χ2n) is 6.94. The van der Waals surface area contributed by atoms with Gasteiger partial charge in [-0.15, -0.1) is 0 Å². The number of carbonyl (C=O) groups is 2. The molecule has 3 heterocycles. The van der Waals surface area contributed by atoms with E-state index in [0.29, 0.717) is 25.2 Å². The molecule has 1 aromatic carbocycles. The molecule has 2 aromatic rings. The predicted octanol–water partition coefficient (Wildman–Crippen LogP) is 3.40. The van der Waals surface area contributed by atoms with Gasteiger partial charge in [0.15, 0.2) is 0 Å². The first-order chi connectivity index (χ1) is 12.0. The van der Waals surface area contributed by atoms with Crippen LogP contribution < -0.4 is 4.90 Å². The first kappa shape index (κ1) is 16.3. The fraction of sp³-hybridized carbons (Fsp3) is 0.368. The maximum absolute atomic E-state index is 13.4. The molecule has 25 heavy (non-hydrogen) atoms. The highest BCUT2D eigenvalue weighted by molar-refractivity contribution is 7.08. The van der Waals surface area contributed by atoms with E-state index in [1.54, 1.807) is 22.3 Å². The molecule has 2 amide bonds. The number of thiophene rings is 1. The molecule has 0 aliphatic carbocycles. The van der Waals surface area contributed by atoms with E-state index in [4.69, 9.17) is 0 Å². The van der Waals surface area contributed by atoms with Crippen LogP contribution in [0.5, 0.6) is 0 Å². The van der Waals surface area contributed by atoms with Crippen LogP contribution in [-0.2, 0) is 4.79 Å². The van der Waals surface area contributed by atoms with E-state index in [1.807, 2.05) is 28.7 Å². The summed E-state index contributed by atoms with van der Waals surface area (Å²) in [6.07, 6.45) is 0.746. The Bertz CT molecular complexity index is 823. The van der Waals surface area contributed by atoms with Gasteiger partial charge < -0.3 is 9.80 Å². The van der Waals surface area contributed by atoms with Gasteiger partial charge >= 0.3 is 0 Å². The fourth-order valence-corrected chi connectivity index (χ4v) is 4.72. The van der Waals surface area contributed by atoms with Gasteiger partial charge in [-0.1, -0.05) is 13.0 Å². The molecule has 0 unspecified atom stereocenters. The number of hydrogen-bond acceptors (Lipinski definition) is 3. The number of anilines is 1. The van der Waals surface area contributed by atoms with Gasteiger partial charge in [-0.2, -0.15) is 11.3 Å². The number of likely N-dealkylation sites (tertiary alicyclic amines) is 1. The van der Waals surface area contributed by atoms with Gasteiger partial charge in [-0.3, -0.25) is 9.59 Å². The zero-order valence-corrected chi connectivity index (χ0v) is 14.8. The van der Waals surface area contributed by atoms with Crippen LogP contribution in [0.4, 0.5) is 10.1 Å². The SMILES string of the molecule is C[C@@H]1CN(C(=O)c2cccc(F)c2)C[C@]12CCN(c1ccsc1)C2=O. The molecule has 2 aliphatic rings. The summed E-state index contributed by atoms with van der Waals surface area (Å²) < 4.78 is 13.4. The first-order valence-electron chi connectivity index (χ1n) is 8.40. The van der Waals surface area contributed by atoms with Crippen molar-refractivity contribution in [1.29, 1.82) is 0 Å². The van der Waals surface area contributed by atoms with Crippen LogP contribution in [-0.4, -0.2) is 36.3 Å². The van der Waals surface area contributed by atoms with Gasteiger partial charge in [-0.05, 0) is 42.0 Å².